The second-order valence-electron chi connectivity index (χ2n) is 7.88. The molecule has 0 aliphatic rings. The van der Waals surface area contributed by atoms with Crippen molar-refractivity contribution in [1.82, 2.24) is 0 Å². The molecule has 1 N–H and O–H groups in total. The molecule has 6 heteroatoms. The fourth-order valence-corrected chi connectivity index (χ4v) is 3.04. The molecule has 0 aliphatic carbocycles. The zero-order valence-corrected chi connectivity index (χ0v) is 19.7. The maximum atomic E-state index is 10.4. The van der Waals surface area contributed by atoms with Crippen molar-refractivity contribution in [1.29, 1.82) is 0 Å². The summed E-state index contributed by atoms with van der Waals surface area (Å²) in [6.45, 7) is 7.26. The van der Waals surface area contributed by atoms with Crippen molar-refractivity contribution in [2.24, 2.45) is 0 Å². The molecule has 0 saturated heterocycles. The largest absolute Gasteiger partial charge is 0.497 e. The average molecular weight is 445 g/mol. The van der Waals surface area contributed by atoms with Crippen LogP contribution in [0.25, 0.3) is 0 Å². The third kappa shape index (κ3) is 9.01. The Hall–Kier alpha value is -2.38. The Kier molecular flexibility index (Phi) is 11.2. The summed E-state index contributed by atoms with van der Waals surface area (Å²) < 4.78 is 28.5. The molecule has 0 radical (unpaired) electrons. The Labute approximate surface area is 191 Å². The summed E-state index contributed by atoms with van der Waals surface area (Å²) in [6.07, 6.45) is 0.278. The van der Waals surface area contributed by atoms with Crippen LogP contribution in [0.2, 0.25) is 0 Å². The van der Waals surface area contributed by atoms with Crippen LogP contribution in [0.4, 0.5) is 0 Å². The highest BCUT2D eigenvalue weighted by Gasteiger charge is 2.28. The number of hydrogen-bond acceptors (Lipinski definition) is 6. The number of aliphatic hydroxyl groups is 1. The second kappa shape index (κ2) is 13.9. The summed E-state index contributed by atoms with van der Waals surface area (Å²) in [6, 6.07) is 15.3. The van der Waals surface area contributed by atoms with Gasteiger partial charge in [0.15, 0.2) is 0 Å². The molecule has 0 spiro atoms. The molecule has 0 bridgehead atoms. The van der Waals surface area contributed by atoms with E-state index in [4.69, 9.17) is 23.7 Å². The quantitative estimate of drug-likeness (QED) is 0.341. The molecule has 0 heterocycles. The van der Waals surface area contributed by atoms with Gasteiger partial charge in [-0.05, 0) is 56.2 Å². The lowest BCUT2D eigenvalue weighted by Crippen LogP contribution is -2.42. The minimum absolute atomic E-state index is 0.304. The van der Waals surface area contributed by atoms with E-state index in [-0.39, 0.29) is 0 Å². The van der Waals surface area contributed by atoms with E-state index < -0.39 is 18.3 Å². The van der Waals surface area contributed by atoms with Crippen molar-refractivity contribution in [2.75, 3.05) is 27.4 Å². The monoisotopic (exact) mass is 444 g/mol. The molecule has 2 aromatic rings. The van der Waals surface area contributed by atoms with Gasteiger partial charge in [-0.3, -0.25) is 0 Å². The van der Waals surface area contributed by atoms with Gasteiger partial charge in [-0.15, -0.1) is 0 Å². The van der Waals surface area contributed by atoms with Crippen LogP contribution < -0.4 is 9.47 Å². The Morgan fingerprint density at radius 2 is 1.34 bits per heavy atom. The number of rotatable bonds is 14. The Bertz CT molecular complexity index is 794. The molecule has 32 heavy (non-hydrogen) atoms. The first-order chi connectivity index (χ1) is 15.4. The van der Waals surface area contributed by atoms with Crippen molar-refractivity contribution in [3.05, 3.63) is 71.3 Å². The Morgan fingerprint density at radius 3 is 1.78 bits per heavy atom. The summed E-state index contributed by atoms with van der Waals surface area (Å²) in [5.74, 6) is 1.58. The van der Waals surface area contributed by atoms with Crippen LogP contribution in [-0.4, -0.2) is 50.9 Å². The SMILES string of the molecule is COc1ccc(COC(COCC=C(C)C)[C@@H](OCc2ccc(OC)cc2)C(C)O)cc1. The summed E-state index contributed by atoms with van der Waals surface area (Å²) in [7, 11) is 3.27. The van der Waals surface area contributed by atoms with E-state index in [1.54, 1.807) is 21.1 Å². The first kappa shape index (κ1) is 25.9. The van der Waals surface area contributed by atoms with Gasteiger partial charge in [-0.25, -0.2) is 0 Å². The van der Waals surface area contributed by atoms with E-state index in [1.807, 2.05) is 68.5 Å². The van der Waals surface area contributed by atoms with Gasteiger partial charge < -0.3 is 28.8 Å². The molecule has 0 aromatic heterocycles. The van der Waals surface area contributed by atoms with Crippen LogP contribution in [0, 0.1) is 0 Å². The Balaban J connectivity index is 2.05. The van der Waals surface area contributed by atoms with E-state index in [9.17, 15) is 5.11 Å². The van der Waals surface area contributed by atoms with Crippen molar-refractivity contribution in [3.63, 3.8) is 0 Å². The normalized spacial score (nSPS) is 13.8. The smallest absolute Gasteiger partial charge is 0.118 e. The predicted molar refractivity (Wildman–Crippen MR) is 125 cm³/mol. The molecule has 0 fully saturated rings. The zero-order valence-electron chi connectivity index (χ0n) is 19.7. The number of ether oxygens (including phenoxy) is 5. The van der Waals surface area contributed by atoms with E-state index in [0.717, 1.165) is 22.6 Å². The molecule has 3 atom stereocenters. The summed E-state index contributed by atoms with van der Waals surface area (Å²) in [4.78, 5) is 0. The van der Waals surface area contributed by atoms with E-state index in [1.165, 1.54) is 5.57 Å². The van der Waals surface area contributed by atoms with Crippen molar-refractivity contribution >= 4 is 0 Å². The predicted octanol–water partition coefficient (Wildman–Crippen LogP) is 4.54. The van der Waals surface area contributed by atoms with Gasteiger partial charge in [-0.2, -0.15) is 0 Å². The van der Waals surface area contributed by atoms with Crippen LogP contribution >= 0.6 is 0 Å². The van der Waals surface area contributed by atoms with Gasteiger partial charge in [0, 0.05) is 0 Å². The molecular weight excluding hydrogens is 408 g/mol. The lowest BCUT2D eigenvalue weighted by molar-refractivity contribution is -0.146. The fraction of sp³-hybridized carbons (Fsp3) is 0.462. The first-order valence-electron chi connectivity index (χ1n) is 10.8. The van der Waals surface area contributed by atoms with Crippen LogP contribution in [0.3, 0.4) is 0 Å². The summed E-state index contributed by atoms with van der Waals surface area (Å²) in [5, 5.41) is 10.4. The molecule has 2 aromatic carbocycles. The second-order valence-corrected chi connectivity index (χ2v) is 7.88. The zero-order chi connectivity index (χ0) is 23.3. The summed E-state index contributed by atoms with van der Waals surface area (Å²) in [5.41, 5.74) is 3.17. The molecule has 2 unspecified atom stereocenters. The minimum atomic E-state index is -0.735. The highest BCUT2D eigenvalue weighted by atomic mass is 16.6. The molecule has 6 nitrogen and oxygen atoms in total. The van der Waals surface area contributed by atoms with Crippen LogP contribution in [0.5, 0.6) is 11.5 Å². The molecule has 0 aliphatic heterocycles. The van der Waals surface area contributed by atoms with Gasteiger partial charge >= 0.3 is 0 Å². The Morgan fingerprint density at radius 1 is 0.844 bits per heavy atom. The maximum absolute atomic E-state index is 10.4. The highest BCUT2D eigenvalue weighted by Crippen LogP contribution is 2.18. The van der Waals surface area contributed by atoms with Gasteiger partial charge in [-0.1, -0.05) is 35.9 Å². The van der Waals surface area contributed by atoms with E-state index in [0.29, 0.717) is 26.4 Å². The third-order valence-corrected chi connectivity index (χ3v) is 4.96. The maximum Gasteiger partial charge on any atom is 0.118 e. The van der Waals surface area contributed by atoms with Crippen LogP contribution in [0.15, 0.2) is 60.2 Å². The lowest BCUT2D eigenvalue weighted by Gasteiger charge is -2.29. The third-order valence-electron chi connectivity index (χ3n) is 4.96. The van der Waals surface area contributed by atoms with Crippen molar-refractivity contribution in [3.8, 4) is 11.5 Å². The van der Waals surface area contributed by atoms with E-state index >= 15 is 0 Å². The fourth-order valence-electron chi connectivity index (χ4n) is 3.04. The molecule has 2 rings (SSSR count). The molecule has 0 amide bonds. The first-order valence-corrected chi connectivity index (χ1v) is 10.8. The number of methoxy groups -OCH3 is 2. The average Bonchev–Trinajstić information content (AvgIpc) is 2.80. The number of aliphatic hydroxyl groups excluding tert-OH is 1. The van der Waals surface area contributed by atoms with Gasteiger partial charge in [0.05, 0.1) is 46.8 Å². The van der Waals surface area contributed by atoms with Crippen molar-refractivity contribution < 1.29 is 28.8 Å². The number of benzene rings is 2. The van der Waals surface area contributed by atoms with Gasteiger partial charge in [0.25, 0.3) is 0 Å². The molecular formula is C26H36O6. The van der Waals surface area contributed by atoms with Crippen LogP contribution in [0.1, 0.15) is 31.9 Å². The van der Waals surface area contributed by atoms with Crippen LogP contribution in [-0.2, 0) is 27.4 Å². The van der Waals surface area contributed by atoms with Crippen molar-refractivity contribution in [2.45, 2.75) is 52.3 Å². The van der Waals surface area contributed by atoms with Gasteiger partial charge in [0.1, 0.15) is 23.7 Å². The topological polar surface area (TPSA) is 66.4 Å². The van der Waals surface area contributed by atoms with E-state index in [2.05, 4.69) is 0 Å². The van der Waals surface area contributed by atoms with Gasteiger partial charge in [0.2, 0.25) is 0 Å². The minimum Gasteiger partial charge on any atom is -0.497 e. The standard InChI is InChI=1S/C26H36O6/c1-19(2)14-15-30-18-25(31-16-21-6-10-23(28-4)11-7-21)26(20(3)27)32-17-22-8-12-24(29-5)13-9-22/h6-14,20,25-27H,15-18H2,1-5H3/t20?,25?,26-/m0/s1. The molecule has 176 valence electrons. The lowest BCUT2D eigenvalue weighted by atomic mass is 10.1. The number of hydrogen-bond donors (Lipinski definition) is 1. The summed E-state index contributed by atoms with van der Waals surface area (Å²) >= 11 is 0. The number of allylic oxidation sites excluding steroid dienone is 1. The highest BCUT2D eigenvalue weighted by molar-refractivity contribution is 5.27. The molecule has 0 saturated carbocycles.